The maximum Gasteiger partial charge on any atom is 0.192 e. The van der Waals surface area contributed by atoms with E-state index < -0.39 is 0 Å². The van der Waals surface area contributed by atoms with E-state index >= 15 is 0 Å². The Labute approximate surface area is 108 Å². The summed E-state index contributed by atoms with van der Waals surface area (Å²) in [5, 5.41) is 0. The summed E-state index contributed by atoms with van der Waals surface area (Å²) in [6.07, 6.45) is 1.94. The summed E-state index contributed by atoms with van der Waals surface area (Å²) in [4.78, 5) is 12.5. The smallest absolute Gasteiger partial charge is 0.192 e. The van der Waals surface area contributed by atoms with Gasteiger partial charge >= 0.3 is 0 Å². The third kappa shape index (κ3) is 2.72. The van der Waals surface area contributed by atoms with E-state index in [1.165, 1.54) is 0 Å². The fraction of sp³-hybridized carbons (Fsp3) is 0.533. The van der Waals surface area contributed by atoms with Crippen LogP contribution in [0.3, 0.4) is 0 Å². The molecule has 0 aromatic heterocycles. The molecule has 3 heteroatoms. The van der Waals surface area contributed by atoms with E-state index in [4.69, 9.17) is 9.47 Å². The van der Waals surface area contributed by atoms with E-state index in [-0.39, 0.29) is 11.9 Å². The van der Waals surface area contributed by atoms with Gasteiger partial charge in [-0.15, -0.1) is 0 Å². The van der Waals surface area contributed by atoms with E-state index in [1.54, 1.807) is 7.11 Å². The Morgan fingerprint density at radius 3 is 2.67 bits per heavy atom. The summed E-state index contributed by atoms with van der Waals surface area (Å²) in [6.45, 7) is 4.46. The van der Waals surface area contributed by atoms with Gasteiger partial charge < -0.3 is 9.47 Å². The number of hydrogen-bond acceptors (Lipinski definition) is 3. The molecule has 1 unspecified atom stereocenters. The third-order valence-corrected chi connectivity index (χ3v) is 3.35. The maximum atomic E-state index is 12.5. The van der Waals surface area contributed by atoms with Gasteiger partial charge in [0, 0.05) is 12.2 Å². The average molecular weight is 248 g/mol. The highest BCUT2D eigenvalue weighted by atomic mass is 16.5. The third-order valence-electron chi connectivity index (χ3n) is 3.35. The Morgan fingerprint density at radius 1 is 1.44 bits per heavy atom. The lowest BCUT2D eigenvalue weighted by Gasteiger charge is -2.16. The number of carbonyl (C=O) groups excluding carboxylic acids is 1. The van der Waals surface area contributed by atoms with Crippen LogP contribution in [-0.2, 0) is 4.74 Å². The molecular weight excluding hydrogens is 228 g/mol. The lowest BCUT2D eigenvalue weighted by molar-refractivity contribution is 0.0374. The molecule has 98 valence electrons. The highest BCUT2D eigenvalue weighted by Crippen LogP contribution is 2.36. The predicted molar refractivity (Wildman–Crippen MR) is 70.2 cm³/mol. The van der Waals surface area contributed by atoms with Gasteiger partial charge in [-0.2, -0.15) is 0 Å². The summed E-state index contributed by atoms with van der Waals surface area (Å²) >= 11 is 0. The second kappa shape index (κ2) is 5.53. The van der Waals surface area contributed by atoms with Gasteiger partial charge in [-0.3, -0.25) is 4.79 Å². The molecule has 0 saturated heterocycles. The van der Waals surface area contributed by atoms with Crippen LogP contribution in [0.1, 0.15) is 35.7 Å². The highest BCUT2D eigenvalue weighted by Gasteiger charge is 2.37. The molecule has 1 saturated carbocycles. The SMILES string of the molecule is CCOC(C(=O)c1ccc(OC)cc1C)C1CC1. The minimum atomic E-state index is -0.262. The van der Waals surface area contributed by atoms with Crippen molar-refractivity contribution < 1.29 is 14.3 Å². The summed E-state index contributed by atoms with van der Waals surface area (Å²) in [6, 6.07) is 5.56. The van der Waals surface area contributed by atoms with Crippen LogP contribution >= 0.6 is 0 Å². The molecule has 3 nitrogen and oxygen atoms in total. The molecule has 0 radical (unpaired) electrons. The van der Waals surface area contributed by atoms with Gasteiger partial charge in [0.2, 0.25) is 0 Å². The number of aryl methyl sites for hydroxylation is 1. The van der Waals surface area contributed by atoms with E-state index in [1.807, 2.05) is 32.0 Å². The molecule has 1 aromatic rings. The molecule has 0 aliphatic heterocycles. The van der Waals surface area contributed by atoms with Crippen molar-refractivity contribution in [3.8, 4) is 5.75 Å². The van der Waals surface area contributed by atoms with Gasteiger partial charge in [-0.1, -0.05) is 0 Å². The van der Waals surface area contributed by atoms with Crippen molar-refractivity contribution in [3.05, 3.63) is 29.3 Å². The van der Waals surface area contributed by atoms with Gasteiger partial charge in [0.15, 0.2) is 5.78 Å². The van der Waals surface area contributed by atoms with E-state index in [9.17, 15) is 4.79 Å². The molecule has 2 rings (SSSR count). The zero-order chi connectivity index (χ0) is 13.1. The second-order valence-electron chi connectivity index (χ2n) is 4.76. The largest absolute Gasteiger partial charge is 0.497 e. The molecule has 0 bridgehead atoms. The van der Waals surface area contributed by atoms with Gasteiger partial charge in [0.25, 0.3) is 0 Å². The summed E-state index contributed by atoms with van der Waals surface area (Å²) in [5.41, 5.74) is 1.70. The van der Waals surface area contributed by atoms with E-state index in [0.29, 0.717) is 12.5 Å². The Balaban J connectivity index is 2.21. The average Bonchev–Trinajstić information content (AvgIpc) is 3.19. The van der Waals surface area contributed by atoms with Crippen molar-refractivity contribution in [2.75, 3.05) is 13.7 Å². The van der Waals surface area contributed by atoms with Gasteiger partial charge in [-0.25, -0.2) is 0 Å². The van der Waals surface area contributed by atoms with Crippen LogP contribution in [0.2, 0.25) is 0 Å². The minimum Gasteiger partial charge on any atom is -0.497 e. The van der Waals surface area contributed by atoms with Crippen LogP contribution in [0, 0.1) is 12.8 Å². The van der Waals surface area contributed by atoms with Crippen molar-refractivity contribution in [1.29, 1.82) is 0 Å². The van der Waals surface area contributed by atoms with Crippen LogP contribution in [0.5, 0.6) is 5.75 Å². The minimum absolute atomic E-state index is 0.111. The van der Waals surface area contributed by atoms with Crippen LogP contribution in [-0.4, -0.2) is 25.6 Å². The first-order chi connectivity index (χ1) is 8.67. The molecule has 1 aliphatic carbocycles. The number of ketones is 1. The van der Waals surface area contributed by atoms with E-state index in [0.717, 1.165) is 29.7 Å². The molecule has 1 fully saturated rings. The van der Waals surface area contributed by atoms with E-state index in [2.05, 4.69) is 0 Å². The maximum absolute atomic E-state index is 12.5. The molecule has 1 aromatic carbocycles. The highest BCUT2D eigenvalue weighted by molar-refractivity contribution is 6.01. The number of benzene rings is 1. The molecule has 1 aliphatic rings. The topological polar surface area (TPSA) is 35.5 Å². The normalized spacial score (nSPS) is 16.4. The first kappa shape index (κ1) is 13.1. The summed E-state index contributed by atoms with van der Waals surface area (Å²) in [5.74, 6) is 1.31. The first-order valence-corrected chi connectivity index (χ1v) is 6.47. The number of methoxy groups -OCH3 is 1. The quantitative estimate of drug-likeness (QED) is 0.726. The van der Waals surface area contributed by atoms with Gasteiger partial charge in [-0.05, 0) is 56.4 Å². The number of hydrogen-bond donors (Lipinski definition) is 0. The standard InChI is InChI=1S/C15H20O3/c1-4-18-15(11-5-6-11)14(16)13-8-7-12(17-3)9-10(13)2/h7-9,11,15H,4-6H2,1-3H3. The molecule has 18 heavy (non-hydrogen) atoms. The Bertz CT molecular complexity index is 435. The Hall–Kier alpha value is -1.35. The number of rotatable bonds is 6. The number of Topliss-reactive ketones (excluding diaryl/α,β-unsaturated/α-hetero) is 1. The zero-order valence-electron chi connectivity index (χ0n) is 11.2. The molecule has 0 spiro atoms. The van der Waals surface area contributed by atoms with Crippen molar-refractivity contribution >= 4 is 5.78 Å². The van der Waals surface area contributed by atoms with Gasteiger partial charge in [0.05, 0.1) is 7.11 Å². The number of ether oxygens (including phenoxy) is 2. The Morgan fingerprint density at radius 2 is 2.17 bits per heavy atom. The van der Waals surface area contributed by atoms with Crippen molar-refractivity contribution in [2.24, 2.45) is 5.92 Å². The zero-order valence-corrected chi connectivity index (χ0v) is 11.2. The van der Waals surface area contributed by atoms with Crippen LogP contribution in [0.25, 0.3) is 0 Å². The lowest BCUT2D eigenvalue weighted by atomic mass is 9.98. The monoisotopic (exact) mass is 248 g/mol. The van der Waals surface area contributed by atoms with Crippen molar-refractivity contribution in [3.63, 3.8) is 0 Å². The number of carbonyl (C=O) groups is 1. The molecular formula is C15H20O3. The molecule has 1 atom stereocenters. The van der Waals surface area contributed by atoms with Crippen LogP contribution in [0.15, 0.2) is 18.2 Å². The fourth-order valence-corrected chi connectivity index (χ4v) is 2.20. The van der Waals surface area contributed by atoms with Crippen LogP contribution in [0.4, 0.5) is 0 Å². The predicted octanol–water partition coefficient (Wildman–Crippen LogP) is 3.00. The lowest BCUT2D eigenvalue weighted by Crippen LogP contribution is -2.27. The summed E-state index contributed by atoms with van der Waals surface area (Å²) < 4.78 is 10.8. The van der Waals surface area contributed by atoms with Crippen molar-refractivity contribution in [2.45, 2.75) is 32.8 Å². The summed E-state index contributed by atoms with van der Waals surface area (Å²) in [7, 11) is 1.63. The van der Waals surface area contributed by atoms with Gasteiger partial charge in [0.1, 0.15) is 11.9 Å². The molecule has 0 heterocycles. The van der Waals surface area contributed by atoms with Crippen molar-refractivity contribution in [1.82, 2.24) is 0 Å². The second-order valence-corrected chi connectivity index (χ2v) is 4.76. The Kier molecular flexibility index (Phi) is 4.02. The first-order valence-electron chi connectivity index (χ1n) is 6.47. The molecule has 0 N–H and O–H groups in total. The fourth-order valence-electron chi connectivity index (χ4n) is 2.20. The molecule has 0 amide bonds. The van der Waals surface area contributed by atoms with Crippen LogP contribution < -0.4 is 4.74 Å².